The van der Waals surface area contributed by atoms with Gasteiger partial charge in [0.25, 0.3) is 0 Å². The van der Waals surface area contributed by atoms with Crippen molar-refractivity contribution in [1.29, 1.82) is 0 Å². The van der Waals surface area contributed by atoms with Crippen LogP contribution >= 0.6 is 23.2 Å². The van der Waals surface area contributed by atoms with Crippen LogP contribution in [0.4, 0.5) is 0 Å². The normalized spacial score (nSPS) is 10.6. The molecule has 0 atom stereocenters. The van der Waals surface area contributed by atoms with Gasteiger partial charge in [-0.2, -0.15) is 0 Å². The lowest BCUT2D eigenvalue weighted by Gasteiger charge is -2.04. The van der Waals surface area contributed by atoms with E-state index in [0.717, 1.165) is 17.9 Å². The van der Waals surface area contributed by atoms with Crippen LogP contribution in [0.5, 0.6) is 0 Å². The lowest BCUT2D eigenvalue weighted by Crippen LogP contribution is -2.11. The number of hydrogen-bond donors (Lipinski definition) is 1. The van der Waals surface area contributed by atoms with E-state index >= 15 is 0 Å². The van der Waals surface area contributed by atoms with Gasteiger partial charge >= 0.3 is 0 Å². The predicted octanol–water partition coefficient (Wildman–Crippen LogP) is 3.88. The van der Waals surface area contributed by atoms with Gasteiger partial charge in [-0.15, -0.1) is 0 Å². The average Bonchev–Trinajstić information content (AvgIpc) is 2.76. The van der Waals surface area contributed by atoms with Crippen LogP contribution in [-0.4, -0.2) is 0 Å². The van der Waals surface area contributed by atoms with Crippen LogP contribution in [0.3, 0.4) is 0 Å². The summed E-state index contributed by atoms with van der Waals surface area (Å²) in [5, 5.41) is 4.42. The van der Waals surface area contributed by atoms with Crippen molar-refractivity contribution in [1.82, 2.24) is 5.32 Å². The van der Waals surface area contributed by atoms with E-state index in [-0.39, 0.29) is 0 Å². The van der Waals surface area contributed by atoms with Crippen LogP contribution in [0.2, 0.25) is 10.0 Å². The Kier molecular flexibility index (Phi) is 3.88. The molecular weight excluding hydrogens is 245 g/mol. The first-order valence-corrected chi connectivity index (χ1v) is 5.68. The Morgan fingerprint density at radius 2 is 1.94 bits per heavy atom. The molecule has 1 heterocycles. The predicted molar refractivity (Wildman–Crippen MR) is 65.7 cm³/mol. The first-order chi connectivity index (χ1) is 7.75. The van der Waals surface area contributed by atoms with Crippen LogP contribution in [0.15, 0.2) is 41.0 Å². The number of rotatable bonds is 4. The minimum atomic E-state index is 0.580. The van der Waals surface area contributed by atoms with Crippen LogP contribution < -0.4 is 5.32 Å². The molecule has 84 valence electrons. The lowest BCUT2D eigenvalue weighted by molar-refractivity contribution is 0.483. The van der Waals surface area contributed by atoms with Crippen molar-refractivity contribution < 1.29 is 4.42 Å². The standard InChI is InChI=1S/C12H11Cl2NO/c13-11-4-3-9(6-12(11)14)7-15-8-10-2-1-5-16-10/h1-6,15H,7-8H2. The van der Waals surface area contributed by atoms with Crippen LogP contribution in [0.1, 0.15) is 11.3 Å². The molecule has 0 amide bonds. The molecular formula is C12H11Cl2NO. The van der Waals surface area contributed by atoms with Crippen molar-refractivity contribution in [3.8, 4) is 0 Å². The number of furan rings is 1. The Morgan fingerprint density at radius 1 is 1.06 bits per heavy atom. The molecule has 0 aliphatic rings. The second kappa shape index (κ2) is 5.39. The molecule has 0 aliphatic heterocycles. The van der Waals surface area contributed by atoms with Gasteiger partial charge in [0.1, 0.15) is 5.76 Å². The highest BCUT2D eigenvalue weighted by atomic mass is 35.5. The van der Waals surface area contributed by atoms with E-state index in [0.29, 0.717) is 16.6 Å². The molecule has 2 nitrogen and oxygen atoms in total. The monoisotopic (exact) mass is 255 g/mol. The van der Waals surface area contributed by atoms with E-state index in [2.05, 4.69) is 5.32 Å². The van der Waals surface area contributed by atoms with Gasteiger partial charge in [0.2, 0.25) is 0 Å². The molecule has 0 saturated carbocycles. The molecule has 0 aliphatic carbocycles. The highest BCUT2D eigenvalue weighted by Gasteiger charge is 2.00. The number of halogens is 2. The van der Waals surface area contributed by atoms with Crippen molar-refractivity contribution in [2.75, 3.05) is 0 Å². The number of nitrogens with one attached hydrogen (secondary N) is 1. The van der Waals surface area contributed by atoms with Crippen LogP contribution in [0, 0.1) is 0 Å². The highest BCUT2D eigenvalue weighted by Crippen LogP contribution is 2.22. The second-order valence-electron chi connectivity index (χ2n) is 3.43. The zero-order valence-electron chi connectivity index (χ0n) is 8.54. The molecule has 0 spiro atoms. The summed E-state index contributed by atoms with van der Waals surface area (Å²) in [6.07, 6.45) is 1.66. The van der Waals surface area contributed by atoms with E-state index in [1.165, 1.54) is 0 Å². The van der Waals surface area contributed by atoms with Gasteiger partial charge in [0.05, 0.1) is 22.9 Å². The molecule has 16 heavy (non-hydrogen) atoms. The summed E-state index contributed by atoms with van der Waals surface area (Å²) >= 11 is 11.7. The van der Waals surface area contributed by atoms with Gasteiger partial charge in [-0.3, -0.25) is 0 Å². The first-order valence-electron chi connectivity index (χ1n) is 4.93. The fourth-order valence-electron chi connectivity index (χ4n) is 1.39. The topological polar surface area (TPSA) is 25.2 Å². The fourth-order valence-corrected chi connectivity index (χ4v) is 1.71. The molecule has 2 aromatic rings. The van der Waals surface area contributed by atoms with E-state index < -0.39 is 0 Å². The summed E-state index contributed by atoms with van der Waals surface area (Å²) in [6, 6.07) is 9.41. The summed E-state index contributed by atoms with van der Waals surface area (Å²) in [5.74, 6) is 0.917. The van der Waals surface area contributed by atoms with E-state index in [1.54, 1.807) is 12.3 Å². The molecule has 4 heteroatoms. The van der Waals surface area contributed by atoms with E-state index in [1.807, 2.05) is 24.3 Å². The number of benzene rings is 1. The van der Waals surface area contributed by atoms with Gasteiger partial charge in [-0.25, -0.2) is 0 Å². The molecule has 2 rings (SSSR count). The molecule has 0 radical (unpaired) electrons. The Balaban J connectivity index is 1.87. The molecule has 0 unspecified atom stereocenters. The minimum Gasteiger partial charge on any atom is -0.468 e. The Morgan fingerprint density at radius 3 is 2.62 bits per heavy atom. The summed E-state index contributed by atoms with van der Waals surface area (Å²) in [5.41, 5.74) is 1.10. The molecule has 0 saturated heterocycles. The van der Waals surface area contributed by atoms with Gasteiger partial charge in [0, 0.05) is 6.54 Å². The SMILES string of the molecule is Clc1ccc(CNCc2ccco2)cc1Cl. The van der Waals surface area contributed by atoms with Gasteiger partial charge < -0.3 is 9.73 Å². The van der Waals surface area contributed by atoms with Crippen molar-refractivity contribution in [3.05, 3.63) is 58.0 Å². The average molecular weight is 256 g/mol. The molecule has 1 aromatic carbocycles. The molecule has 0 bridgehead atoms. The summed E-state index contributed by atoms with van der Waals surface area (Å²) in [7, 11) is 0. The maximum atomic E-state index is 5.91. The third-order valence-electron chi connectivity index (χ3n) is 2.19. The largest absolute Gasteiger partial charge is 0.468 e. The maximum absolute atomic E-state index is 5.91. The second-order valence-corrected chi connectivity index (χ2v) is 4.25. The zero-order chi connectivity index (χ0) is 11.4. The van der Waals surface area contributed by atoms with Crippen molar-refractivity contribution in [2.24, 2.45) is 0 Å². The van der Waals surface area contributed by atoms with Gasteiger partial charge in [-0.05, 0) is 29.8 Å². The fraction of sp³-hybridized carbons (Fsp3) is 0.167. The van der Waals surface area contributed by atoms with Crippen LogP contribution in [0.25, 0.3) is 0 Å². The Hall–Kier alpha value is -0.960. The zero-order valence-corrected chi connectivity index (χ0v) is 10.1. The van der Waals surface area contributed by atoms with E-state index in [9.17, 15) is 0 Å². The quantitative estimate of drug-likeness (QED) is 0.898. The third-order valence-corrected chi connectivity index (χ3v) is 2.93. The lowest BCUT2D eigenvalue weighted by atomic mass is 10.2. The summed E-state index contributed by atoms with van der Waals surface area (Å²) in [6.45, 7) is 1.44. The molecule has 1 aromatic heterocycles. The summed E-state index contributed by atoms with van der Waals surface area (Å²) in [4.78, 5) is 0. The van der Waals surface area contributed by atoms with Crippen molar-refractivity contribution in [3.63, 3.8) is 0 Å². The van der Waals surface area contributed by atoms with E-state index in [4.69, 9.17) is 27.6 Å². The minimum absolute atomic E-state index is 0.580. The van der Waals surface area contributed by atoms with Gasteiger partial charge in [0.15, 0.2) is 0 Å². The molecule has 0 fully saturated rings. The number of hydrogen-bond acceptors (Lipinski definition) is 2. The van der Waals surface area contributed by atoms with Gasteiger partial charge in [-0.1, -0.05) is 29.3 Å². The maximum Gasteiger partial charge on any atom is 0.117 e. The Labute approximate surface area is 104 Å². The van der Waals surface area contributed by atoms with Crippen molar-refractivity contribution in [2.45, 2.75) is 13.1 Å². The summed E-state index contributed by atoms with van der Waals surface area (Å²) < 4.78 is 5.20. The highest BCUT2D eigenvalue weighted by molar-refractivity contribution is 6.42. The van der Waals surface area contributed by atoms with Crippen LogP contribution in [-0.2, 0) is 13.1 Å². The van der Waals surface area contributed by atoms with Crippen molar-refractivity contribution >= 4 is 23.2 Å². The third kappa shape index (κ3) is 3.01. The smallest absolute Gasteiger partial charge is 0.117 e. The Bertz CT molecular complexity index is 454. The first kappa shape index (κ1) is 11.5. The molecule has 1 N–H and O–H groups in total.